The van der Waals surface area contributed by atoms with E-state index in [0.717, 1.165) is 24.4 Å². The normalized spacial score (nSPS) is 11.9. The van der Waals surface area contributed by atoms with Crippen LogP contribution in [-0.4, -0.2) is 33.2 Å². The lowest BCUT2D eigenvalue weighted by Crippen LogP contribution is -2.19. The molecule has 0 heterocycles. The van der Waals surface area contributed by atoms with Crippen LogP contribution in [0.1, 0.15) is 12.5 Å². The van der Waals surface area contributed by atoms with Crippen LogP contribution < -0.4 is 10.6 Å². The second kappa shape index (κ2) is 7.71. The molecule has 1 unspecified atom stereocenters. The summed E-state index contributed by atoms with van der Waals surface area (Å²) in [5, 5.41) is 5.96. The Morgan fingerprint density at radius 2 is 2.00 bits per heavy atom. The maximum Gasteiger partial charge on any atom is 0.224 e. The number of hydrogen-bond donors (Lipinski definition) is 2. The number of ether oxygens (including phenoxy) is 1. The van der Waals surface area contributed by atoms with E-state index in [2.05, 4.69) is 17.6 Å². The van der Waals surface area contributed by atoms with E-state index in [1.165, 1.54) is 0 Å². The van der Waals surface area contributed by atoms with Gasteiger partial charge in [-0.1, -0.05) is 19.1 Å². The van der Waals surface area contributed by atoms with Crippen molar-refractivity contribution in [1.82, 2.24) is 5.32 Å². The van der Waals surface area contributed by atoms with Crippen molar-refractivity contribution in [1.29, 1.82) is 0 Å². The number of nitrogens with one attached hydrogen (secondary N) is 2. The highest BCUT2D eigenvalue weighted by Gasteiger charge is 2.02. The molecule has 4 heteroatoms. The molecule has 0 fully saturated rings. The molecule has 1 amide bonds. The summed E-state index contributed by atoms with van der Waals surface area (Å²) in [6.45, 7) is 3.76. The number of likely N-dealkylation sites (N-methyl/N-ethyl adjacent to an activating group) is 1. The zero-order valence-corrected chi connectivity index (χ0v) is 11.3. The summed E-state index contributed by atoms with van der Waals surface area (Å²) in [6, 6.07) is 7.94. The first kappa shape index (κ1) is 14.5. The molecule has 0 bridgehead atoms. The summed E-state index contributed by atoms with van der Waals surface area (Å²) in [4.78, 5) is 11.2. The number of carbonyl (C=O) groups excluding carboxylic acids is 1. The average Bonchev–Trinajstić information content (AvgIpc) is 2.38. The molecule has 1 aromatic rings. The van der Waals surface area contributed by atoms with Crippen LogP contribution in [0.25, 0.3) is 0 Å². The van der Waals surface area contributed by atoms with E-state index in [1.807, 2.05) is 24.3 Å². The second-order valence-electron chi connectivity index (χ2n) is 4.49. The Morgan fingerprint density at radius 3 is 2.56 bits per heavy atom. The SMILES string of the molecule is CNC(=O)Cc1ccc(NCC(C)COC)cc1. The van der Waals surface area contributed by atoms with E-state index >= 15 is 0 Å². The van der Waals surface area contributed by atoms with Gasteiger partial charge in [0.1, 0.15) is 0 Å². The van der Waals surface area contributed by atoms with Crippen LogP contribution in [0.2, 0.25) is 0 Å². The number of carbonyl (C=O) groups is 1. The Morgan fingerprint density at radius 1 is 1.33 bits per heavy atom. The van der Waals surface area contributed by atoms with E-state index in [1.54, 1.807) is 14.2 Å². The van der Waals surface area contributed by atoms with Gasteiger partial charge in [0, 0.05) is 26.4 Å². The fourth-order valence-electron chi connectivity index (χ4n) is 1.65. The van der Waals surface area contributed by atoms with Crippen molar-refractivity contribution < 1.29 is 9.53 Å². The fourth-order valence-corrected chi connectivity index (χ4v) is 1.65. The zero-order valence-electron chi connectivity index (χ0n) is 11.3. The molecule has 1 atom stereocenters. The van der Waals surface area contributed by atoms with E-state index in [4.69, 9.17) is 4.74 Å². The zero-order chi connectivity index (χ0) is 13.4. The monoisotopic (exact) mass is 250 g/mol. The Bertz CT molecular complexity index is 363. The van der Waals surface area contributed by atoms with Crippen LogP contribution >= 0.6 is 0 Å². The number of rotatable bonds is 7. The maximum atomic E-state index is 11.2. The van der Waals surface area contributed by atoms with Crippen LogP contribution in [0, 0.1) is 5.92 Å². The predicted octanol–water partition coefficient (Wildman–Crippen LogP) is 1.67. The smallest absolute Gasteiger partial charge is 0.224 e. The number of methoxy groups -OCH3 is 1. The lowest BCUT2D eigenvalue weighted by atomic mass is 10.1. The van der Waals surface area contributed by atoms with Crippen molar-refractivity contribution in [2.24, 2.45) is 5.92 Å². The summed E-state index contributed by atoms with van der Waals surface area (Å²) in [6.07, 6.45) is 0.427. The fraction of sp³-hybridized carbons (Fsp3) is 0.500. The molecule has 100 valence electrons. The molecule has 1 aromatic carbocycles. The molecule has 0 aliphatic rings. The van der Waals surface area contributed by atoms with Gasteiger partial charge in [-0.25, -0.2) is 0 Å². The summed E-state index contributed by atoms with van der Waals surface area (Å²) in [5.74, 6) is 0.505. The number of hydrogen-bond acceptors (Lipinski definition) is 3. The predicted molar refractivity (Wildman–Crippen MR) is 73.7 cm³/mol. The summed E-state index contributed by atoms with van der Waals surface area (Å²) in [5.41, 5.74) is 2.09. The van der Waals surface area contributed by atoms with E-state index < -0.39 is 0 Å². The van der Waals surface area contributed by atoms with Crippen molar-refractivity contribution >= 4 is 11.6 Å². The van der Waals surface area contributed by atoms with Crippen molar-refractivity contribution in [3.63, 3.8) is 0 Å². The third kappa shape index (κ3) is 5.19. The second-order valence-corrected chi connectivity index (χ2v) is 4.49. The van der Waals surface area contributed by atoms with Crippen molar-refractivity contribution in [3.8, 4) is 0 Å². The first-order valence-corrected chi connectivity index (χ1v) is 6.18. The van der Waals surface area contributed by atoms with Gasteiger partial charge in [-0.3, -0.25) is 4.79 Å². The van der Waals surface area contributed by atoms with E-state index in [-0.39, 0.29) is 5.91 Å². The molecule has 1 rings (SSSR count). The molecule has 2 N–H and O–H groups in total. The van der Waals surface area contributed by atoms with Crippen molar-refractivity contribution in [2.75, 3.05) is 32.6 Å². The molecule has 0 saturated carbocycles. The Kier molecular flexibility index (Phi) is 6.22. The summed E-state index contributed by atoms with van der Waals surface area (Å²) in [7, 11) is 3.36. The Balaban J connectivity index is 2.42. The van der Waals surface area contributed by atoms with Gasteiger partial charge in [0.15, 0.2) is 0 Å². The van der Waals surface area contributed by atoms with Crippen molar-refractivity contribution in [3.05, 3.63) is 29.8 Å². The Hall–Kier alpha value is -1.55. The molecular formula is C14H22N2O2. The number of anilines is 1. The van der Waals surface area contributed by atoms with Gasteiger partial charge < -0.3 is 15.4 Å². The van der Waals surface area contributed by atoms with Crippen molar-refractivity contribution in [2.45, 2.75) is 13.3 Å². The quantitative estimate of drug-likeness (QED) is 0.774. The summed E-state index contributed by atoms with van der Waals surface area (Å²) < 4.78 is 5.08. The van der Waals surface area contributed by atoms with Gasteiger partial charge in [0.2, 0.25) is 5.91 Å². The first-order chi connectivity index (χ1) is 8.65. The van der Waals surface area contributed by atoms with Gasteiger partial charge in [0.25, 0.3) is 0 Å². The van der Waals surface area contributed by atoms with Gasteiger partial charge in [-0.15, -0.1) is 0 Å². The lowest BCUT2D eigenvalue weighted by molar-refractivity contribution is -0.119. The van der Waals surface area contributed by atoms with Crippen LogP contribution in [0.5, 0.6) is 0 Å². The first-order valence-electron chi connectivity index (χ1n) is 6.18. The lowest BCUT2D eigenvalue weighted by Gasteiger charge is -2.12. The minimum atomic E-state index is 0.0319. The average molecular weight is 250 g/mol. The van der Waals surface area contributed by atoms with Crippen LogP contribution in [0.4, 0.5) is 5.69 Å². The van der Waals surface area contributed by atoms with Gasteiger partial charge in [-0.2, -0.15) is 0 Å². The van der Waals surface area contributed by atoms with Crippen LogP contribution in [0.3, 0.4) is 0 Å². The molecule has 0 aromatic heterocycles. The molecular weight excluding hydrogens is 228 g/mol. The topological polar surface area (TPSA) is 50.4 Å². The molecule has 4 nitrogen and oxygen atoms in total. The van der Waals surface area contributed by atoms with Crippen LogP contribution in [0.15, 0.2) is 24.3 Å². The van der Waals surface area contributed by atoms with Gasteiger partial charge in [0.05, 0.1) is 13.0 Å². The Labute approximate surface area is 109 Å². The molecule has 0 radical (unpaired) electrons. The highest BCUT2D eigenvalue weighted by atomic mass is 16.5. The third-order valence-corrected chi connectivity index (χ3v) is 2.70. The molecule has 0 aliphatic carbocycles. The molecule has 0 saturated heterocycles. The summed E-state index contributed by atoms with van der Waals surface area (Å²) >= 11 is 0. The van der Waals surface area contributed by atoms with E-state index in [9.17, 15) is 4.79 Å². The van der Waals surface area contributed by atoms with Crippen LogP contribution in [-0.2, 0) is 16.0 Å². The number of amides is 1. The highest BCUT2D eigenvalue weighted by molar-refractivity contribution is 5.78. The molecule has 0 aliphatic heterocycles. The van der Waals surface area contributed by atoms with Gasteiger partial charge in [-0.05, 0) is 23.6 Å². The third-order valence-electron chi connectivity index (χ3n) is 2.70. The minimum Gasteiger partial charge on any atom is -0.385 e. The standard InChI is InChI=1S/C14H22N2O2/c1-11(10-18-3)9-16-13-6-4-12(5-7-13)8-14(17)15-2/h4-7,11,16H,8-10H2,1-3H3,(H,15,17). The van der Waals surface area contributed by atoms with Gasteiger partial charge >= 0.3 is 0 Å². The minimum absolute atomic E-state index is 0.0319. The maximum absolute atomic E-state index is 11.2. The number of benzene rings is 1. The largest absolute Gasteiger partial charge is 0.385 e. The molecule has 0 spiro atoms. The highest BCUT2D eigenvalue weighted by Crippen LogP contribution is 2.11. The molecule has 18 heavy (non-hydrogen) atoms. The van der Waals surface area contributed by atoms with E-state index in [0.29, 0.717) is 12.3 Å².